The summed E-state index contributed by atoms with van der Waals surface area (Å²) in [4.78, 5) is 24.3. The van der Waals surface area contributed by atoms with Crippen molar-refractivity contribution in [2.45, 2.75) is 37.6 Å². The predicted molar refractivity (Wildman–Crippen MR) is 93.8 cm³/mol. The number of benzene rings is 2. The largest absolute Gasteiger partial charge is 0.452 e. The van der Waals surface area contributed by atoms with Crippen molar-refractivity contribution in [2.24, 2.45) is 0 Å². The summed E-state index contributed by atoms with van der Waals surface area (Å²) in [5, 5.41) is 14.1. The summed E-state index contributed by atoms with van der Waals surface area (Å²) in [7, 11) is 0. The quantitative estimate of drug-likeness (QED) is 0.869. The molecule has 0 aromatic heterocycles. The van der Waals surface area contributed by atoms with Crippen molar-refractivity contribution < 1.29 is 14.3 Å². The first-order chi connectivity index (χ1) is 12.1. The number of nitrogens with zero attached hydrogens (tertiary/aromatic N) is 1. The molecule has 5 nitrogen and oxygen atoms in total. The highest BCUT2D eigenvalue weighted by molar-refractivity contribution is 5.96. The molecule has 5 heteroatoms. The molecule has 128 valence electrons. The highest BCUT2D eigenvalue weighted by atomic mass is 16.5. The van der Waals surface area contributed by atoms with Crippen molar-refractivity contribution in [1.29, 1.82) is 5.26 Å². The van der Waals surface area contributed by atoms with E-state index in [9.17, 15) is 14.9 Å². The lowest BCUT2D eigenvalue weighted by Crippen LogP contribution is -2.50. The van der Waals surface area contributed by atoms with Crippen LogP contribution in [0, 0.1) is 11.3 Å². The minimum absolute atomic E-state index is 0.380. The molecule has 0 heterocycles. The number of carbonyl (C=O) groups excluding carboxylic acids is 2. The number of fused-ring (bicyclic) bond motifs is 1. The molecule has 25 heavy (non-hydrogen) atoms. The number of hydrogen-bond donors (Lipinski definition) is 1. The van der Waals surface area contributed by atoms with Crippen molar-refractivity contribution >= 4 is 22.6 Å². The lowest BCUT2D eigenvalue weighted by atomic mass is 9.83. The summed E-state index contributed by atoms with van der Waals surface area (Å²) < 4.78 is 5.11. The SMILES string of the molecule is N#CC1(NC(=O)COC(=O)c2ccc3ccccc3c2)CCCCC1. The van der Waals surface area contributed by atoms with Crippen LogP contribution in [0.15, 0.2) is 42.5 Å². The average Bonchev–Trinajstić information content (AvgIpc) is 2.66. The molecule has 0 unspecified atom stereocenters. The van der Waals surface area contributed by atoms with Gasteiger partial charge in [0, 0.05) is 0 Å². The van der Waals surface area contributed by atoms with Crippen LogP contribution in [-0.2, 0) is 9.53 Å². The smallest absolute Gasteiger partial charge is 0.338 e. The van der Waals surface area contributed by atoms with Crippen LogP contribution < -0.4 is 5.32 Å². The van der Waals surface area contributed by atoms with E-state index in [0.29, 0.717) is 18.4 Å². The van der Waals surface area contributed by atoms with E-state index in [1.54, 1.807) is 12.1 Å². The summed E-state index contributed by atoms with van der Waals surface area (Å²) in [6, 6.07) is 15.2. The maximum absolute atomic E-state index is 12.2. The summed E-state index contributed by atoms with van der Waals surface area (Å²) >= 11 is 0. The zero-order valence-corrected chi connectivity index (χ0v) is 14.0. The van der Waals surface area contributed by atoms with Gasteiger partial charge >= 0.3 is 5.97 Å². The van der Waals surface area contributed by atoms with Crippen LogP contribution in [0.1, 0.15) is 42.5 Å². The van der Waals surface area contributed by atoms with Crippen LogP contribution in [0.5, 0.6) is 0 Å². The van der Waals surface area contributed by atoms with Crippen LogP contribution in [0.25, 0.3) is 10.8 Å². The van der Waals surface area contributed by atoms with Crippen molar-refractivity contribution in [3.05, 3.63) is 48.0 Å². The molecular weight excluding hydrogens is 316 g/mol. The Hall–Kier alpha value is -2.87. The Balaban J connectivity index is 1.59. The van der Waals surface area contributed by atoms with Crippen LogP contribution in [-0.4, -0.2) is 24.0 Å². The molecule has 0 spiro atoms. The maximum Gasteiger partial charge on any atom is 0.338 e. The molecule has 0 atom stereocenters. The molecule has 1 amide bonds. The molecule has 2 aromatic carbocycles. The fourth-order valence-electron chi connectivity index (χ4n) is 3.25. The van der Waals surface area contributed by atoms with E-state index < -0.39 is 17.4 Å². The summed E-state index contributed by atoms with van der Waals surface area (Å²) in [6.45, 7) is -0.380. The molecule has 2 aromatic rings. The fourth-order valence-corrected chi connectivity index (χ4v) is 3.25. The number of hydrogen-bond acceptors (Lipinski definition) is 4. The van der Waals surface area contributed by atoms with Gasteiger partial charge in [-0.2, -0.15) is 5.26 Å². The minimum Gasteiger partial charge on any atom is -0.452 e. The molecule has 0 bridgehead atoms. The number of carbonyl (C=O) groups is 2. The topological polar surface area (TPSA) is 79.2 Å². The van der Waals surface area contributed by atoms with E-state index in [0.717, 1.165) is 30.0 Å². The zero-order chi connectivity index (χ0) is 17.7. The van der Waals surface area contributed by atoms with Gasteiger partial charge in [-0.15, -0.1) is 0 Å². The third-order valence-electron chi connectivity index (χ3n) is 4.62. The van der Waals surface area contributed by atoms with E-state index in [1.165, 1.54) is 0 Å². The standard InChI is InChI=1S/C20H20N2O3/c21-14-20(10-4-1-5-11-20)22-18(23)13-25-19(24)17-9-8-15-6-2-3-7-16(15)12-17/h2-3,6-9,12H,1,4-5,10-11,13H2,(H,22,23). The number of nitrogens with one attached hydrogen (secondary N) is 1. The number of rotatable bonds is 4. The highest BCUT2D eigenvalue weighted by Crippen LogP contribution is 2.27. The van der Waals surface area contributed by atoms with Gasteiger partial charge in [0.15, 0.2) is 6.61 Å². The molecule has 1 aliphatic carbocycles. The average molecular weight is 336 g/mol. The zero-order valence-electron chi connectivity index (χ0n) is 14.0. The number of amides is 1. The fraction of sp³-hybridized carbons (Fsp3) is 0.350. The second kappa shape index (κ2) is 7.35. The molecule has 1 aliphatic rings. The molecular formula is C20H20N2O3. The van der Waals surface area contributed by atoms with Gasteiger partial charge in [0.05, 0.1) is 11.6 Å². The van der Waals surface area contributed by atoms with Crippen molar-refractivity contribution in [2.75, 3.05) is 6.61 Å². The predicted octanol–water partition coefficient (Wildman–Crippen LogP) is 3.34. The number of ether oxygens (including phenoxy) is 1. The van der Waals surface area contributed by atoms with Crippen molar-refractivity contribution in [3.63, 3.8) is 0 Å². The Bertz CT molecular complexity index is 832. The Morgan fingerprint density at radius 2 is 1.80 bits per heavy atom. The Kier molecular flexibility index (Phi) is 4.99. The monoisotopic (exact) mass is 336 g/mol. The van der Waals surface area contributed by atoms with E-state index in [4.69, 9.17) is 4.74 Å². The normalized spacial score (nSPS) is 16.0. The Morgan fingerprint density at radius 1 is 1.08 bits per heavy atom. The highest BCUT2D eigenvalue weighted by Gasteiger charge is 2.33. The Morgan fingerprint density at radius 3 is 2.52 bits per heavy atom. The van der Waals surface area contributed by atoms with E-state index in [2.05, 4.69) is 11.4 Å². The second-order valence-corrected chi connectivity index (χ2v) is 6.44. The molecule has 3 rings (SSSR count). The first-order valence-electron chi connectivity index (χ1n) is 8.50. The lowest BCUT2D eigenvalue weighted by molar-refractivity contribution is -0.125. The maximum atomic E-state index is 12.2. The van der Waals surface area contributed by atoms with E-state index in [1.807, 2.05) is 30.3 Å². The van der Waals surface area contributed by atoms with Crippen molar-refractivity contribution in [3.8, 4) is 6.07 Å². The van der Waals surface area contributed by atoms with Crippen LogP contribution >= 0.6 is 0 Å². The Labute approximate surface area is 146 Å². The first kappa shape index (κ1) is 17.0. The van der Waals surface area contributed by atoms with Gasteiger partial charge in [-0.25, -0.2) is 4.79 Å². The summed E-state index contributed by atoms with van der Waals surface area (Å²) in [5.41, 5.74) is -0.413. The third-order valence-corrected chi connectivity index (χ3v) is 4.62. The van der Waals surface area contributed by atoms with Gasteiger partial charge in [-0.3, -0.25) is 4.79 Å². The molecule has 0 saturated heterocycles. The molecule has 1 fully saturated rings. The molecule has 1 saturated carbocycles. The van der Waals surface area contributed by atoms with Crippen LogP contribution in [0.3, 0.4) is 0 Å². The van der Waals surface area contributed by atoms with Gasteiger partial charge in [0.1, 0.15) is 5.54 Å². The molecule has 0 radical (unpaired) electrons. The molecule has 1 N–H and O–H groups in total. The van der Waals surface area contributed by atoms with Gasteiger partial charge in [0.25, 0.3) is 5.91 Å². The molecule has 0 aliphatic heterocycles. The summed E-state index contributed by atoms with van der Waals surface area (Å²) in [5.74, 6) is -0.979. The van der Waals surface area contributed by atoms with Crippen molar-refractivity contribution in [1.82, 2.24) is 5.32 Å². The van der Waals surface area contributed by atoms with E-state index >= 15 is 0 Å². The third kappa shape index (κ3) is 3.97. The van der Waals surface area contributed by atoms with E-state index in [-0.39, 0.29) is 6.61 Å². The second-order valence-electron chi connectivity index (χ2n) is 6.44. The summed E-state index contributed by atoms with van der Waals surface area (Å²) in [6.07, 6.45) is 4.22. The van der Waals surface area contributed by atoms with Crippen LogP contribution in [0.2, 0.25) is 0 Å². The number of esters is 1. The number of nitriles is 1. The lowest BCUT2D eigenvalue weighted by Gasteiger charge is -2.31. The van der Waals surface area contributed by atoms with Crippen LogP contribution in [0.4, 0.5) is 0 Å². The minimum atomic E-state index is -0.815. The van der Waals surface area contributed by atoms with Gasteiger partial charge in [-0.1, -0.05) is 49.6 Å². The van der Waals surface area contributed by atoms with Gasteiger partial charge < -0.3 is 10.1 Å². The van der Waals surface area contributed by atoms with Gasteiger partial charge in [-0.05, 0) is 35.7 Å². The van der Waals surface area contributed by atoms with Gasteiger partial charge in [0.2, 0.25) is 0 Å². The first-order valence-corrected chi connectivity index (χ1v) is 8.50.